The lowest BCUT2D eigenvalue weighted by Gasteiger charge is -2.18. The summed E-state index contributed by atoms with van der Waals surface area (Å²) in [6, 6.07) is 17.9. The molecular formula is C17H21NO. The van der Waals surface area contributed by atoms with Crippen LogP contribution in [0.5, 0.6) is 11.5 Å². The molecule has 0 amide bonds. The quantitative estimate of drug-likeness (QED) is 0.852. The normalized spacial score (nSPS) is 13.8. The Hall–Kier alpha value is -1.80. The number of rotatable bonds is 5. The highest BCUT2D eigenvalue weighted by Crippen LogP contribution is 2.26. The van der Waals surface area contributed by atoms with E-state index in [1.54, 1.807) is 0 Å². The molecule has 0 aliphatic carbocycles. The van der Waals surface area contributed by atoms with Crippen molar-refractivity contribution in [2.75, 3.05) is 0 Å². The van der Waals surface area contributed by atoms with E-state index in [4.69, 9.17) is 10.5 Å². The van der Waals surface area contributed by atoms with Crippen LogP contribution in [-0.4, -0.2) is 0 Å². The van der Waals surface area contributed by atoms with Gasteiger partial charge in [0.15, 0.2) is 0 Å². The SMILES string of the molecule is CCC(C)[C@H](N)c1ccc(Oc2ccccc2)cc1. The van der Waals surface area contributed by atoms with Crippen molar-refractivity contribution >= 4 is 0 Å². The first kappa shape index (κ1) is 13.6. The van der Waals surface area contributed by atoms with E-state index < -0.39 is 0 Å². The van der Waals surface area contributed by atoms with Crippen LogP contribution in [0.1, 0.15) is 31.9 Å². The van der Waals surface area contributed by atoms with Gasteiger partial charge >= 0.3 is 0 Å². The van der Waals surface area contributed by atoms with Crippen LogP contribution in [0.2, 0.25) is 0 Å². The predicted octanol–water partition coefficient (Wildman–Crippen LogP) is 4.52. The lowest BCUT2D eigenvalue weighted by atomic mass is 9.93. The van der Waals surface area contributed by atoms with Crippen LogP contribution in [0.15, 0.2) is 54.6 Å². The highest BCUT2D eigenvalue weighted by molar-refractivity contribution is 5.33. The first-order chi connectivity index (χ1) is 9.20. The second-order valence-corrected chi connectivity index (χ2v) is 4.90. The van der Waals surface area contributed by atoms with Gasteiger partial charge < -0.3 is 10.5 Å². The highest BCUT2D eigenvalue weighted by Gasteiger charge is 2.12. The molecule has 2 rings (SSSR count). The monoisotopic (exact) mass is 255 g/mol. The van der Waals surface area contributed by atoms with Gasteiger partial charge in [-0.05, 0) is 35.7 Å². The van der Waals surface area contributed by atoms with E-state index in [2.05, 4.69) is 26.0 Å². The Labute approximate surface area is 115 Å². The van der Waals surface area contributed by atoms with E-state index in [1.165, 1.54) is 0 Å². The van der Waals surface area contributed by atoms with Crippen LogP contribution in [0.3, 0.4) is 0 Å². The van der Waals surface area contributed by atoms with Gasteiger partial charge in [-0.1, -0.05) is 50.6 Å². The molecule has 0 saturated carbocycles. The van der Waals surface area contributed by atoms with Gasteiger partial charge in [0.05, 0.1) is 0 Å². The first-order valence-corrected chi connectivity index (χ1v) is 6.79. The lowest BCUT2D eigenvalue weighted by molar-refractivity contribution is 0.454. The summed E-state index contributed by atoms with van der Waals surface area (Å²) in [5.41, 5.74) is 7.37. The molecule has 2 atom stereocenters. The maximum absolute atomic E-state index is 6.21. The summed E-state index contributed by atoms with van der Waals surface area (Å²) in [5.74, 6) is 2.17. The van der Waals surface area contributed by atoms with Gasteiger partial charge in [-0.15, -0.1) is 0 Å². The molecule has 0 bridgehead atoms. The molecule has 2 aromatic carbocycles. The topological polar surface area (TPSA) is 35.2 Å². The summed E-state index contributed by atoms with van der Waals surface area (Å²) in [6.45, 7) is 4.34. The molecule has 2 aromatic rings. The molecule has 0 aliphatic heterocycles. The summed E-state index contributed by atoms with van der Waals surface area (Å²) in [4.78, 5) is 0. The average Bonchev–Trinajstić information content (AvgIpc) is 2.47. The molecule has 0 saturated heterocycles. The van der Waals surface area contributed by atoms with Crippen molar-refractivity contribution in [2.24, 2.45) is 11.7 Å². The molecular weight excluding hydrogens is 234 g/mol. The first-order valence-electron chi connectivity index (χ1n) is 6.79. The third kappa shape index (κ3) is 3.58. The summed E-state index contributed by atoms with van der Waals surface area (Å²) in [7, 11) is 0. The van der Waals surface area contributed by atoms with Crippen LogP contribution in [0, 0.1) is 5.92 Å². The molecule has 0 aliphatic rings. The molecule has 0 radical (unpaired) electrons. The van der Waals surface area contributed by atoms with Crippen LogP contribution in [-0.2, 0) is 0 Å². The number of ether oxygens (including phenoxy) is 1. The molecule has 19 heavy (non-hydrogen) atoms. The summed E-state index contributed by atoms with van der Waals surface area (Å²) < 4.78 is 5.76. The van der Waals surface area contributed by atoms with Crippen molar-refractivity contribution in [3.05, 3.63) is 60.2 Å². The Bertz CT molecular complexity index is 492. The van der Waals surface area contributed by atoms with Crippen LogP contribution < -0.4 is 10.5 Å². The molecule has 2 N–H and O–H groups in total. The van der Waals surface area contributed by atoms with Crippen LogP contribution in [0.4, 0.5) is 0 Å². The Balaban J connectivity index is 2.06. The van der Waals surface area contributed by atoms with Crippen molar-refractivity contribution in [3.8, 4) is 11.5 Å². The zero-order valence-corrected chi connectivity index (χ0v) is 11.5. The lowest BCUT2D eigenvalue weighted by Crippen LogP contribution is -2.18. The van der Waals surface area contributed by atoms with E-state index in [9.17, 15) is 0 Å². The minimum atomic E-state index is 0.0933. The maximum Gasteiger partial charge on any atom is 0.127 e. The number of hydrogen-bond donors (Lipinski definition) is 1. The average molecular weight is 255 g/mol. The molecule has 2 heteroatoms. The fourth-order valence-electron chi connectivity index (χ4n) is 1.97. The zero-order chi connectivity index (χ0) is 13.7. The van der Waals surface area contributed by atoms with E-state index >= 15 is 0 Å². The number of para-hydroxylation sites is 1. The summed E-state index contributed by atoms with van der Waals surface area (Å²) >= 11 is 0. The Kier molecular flexibility index (Phi) is 4.58. The standard InChI is InChI=1S/C17H21NO/c1-3-13(2)17(18)14-9-11-16(12-10-14)19-15-7-5-4-6-8-15/h4-13,17H,3,18H2,1-2H3/t13?,17-/m0/s1. The van der Waals surface area contributed by atoms with E-state index in [0.29, 0.717) is 5.92 Å². The predicted molar refractivity (Wildman–Crippen MR) is 79.3 cm³/mol. The van der Waals surface area contributed by atoms with Gasteiger partial charge in [0.2, 0.25) is 0 Å². The number of nitrogens with two attached hydrogens (primary N) is 1. The van der Waals surface area contributed by atoms with Crippen molar-refractivity contribution < 1.29 is 4.74 Å². The maximum atomic E-state index is 6.21. The van der Waals surface area contributed by atoms with Gasteiger partial charge in [-0.25, -0.2) is 0 Å². The fraction of sp³-hybridized carbons (Fsp3) is 0.294. The highest BCUT2D eigenvalue weighted by atomic mass is 16.5. The fourth-order valence-corrected chi connectivity index (χ4v) is 1.97. The molecule has 1 unspecified atom stereocenters. The molecule has 100 valence electrons. The molecule has 2 nitrogen and oxygen atoms in total. The van der Waals surface area contributed by atoms with Gasteiger partial charge in [0.25, 0.3) is 0 Å². The minimum absolute atomic E-state index is 0.0933. The number of hydrogen-bond acceptors (Lipinski definition) is 2. The smallest absolute Gasteiger partial charge is 0.127 e. The third-order valence-electron chi connectivity index (χ3n) is 3.50. The largest absolute Gasteiger partial charge is 0.457 e. The Morgan fingerprint density at radius 2 is 1.53 bits per heavy atom. The van der Waals surface area contributed by atoms with Crippen molar-refractivity contribution in [1.29, 1.82) is 0 Å². The van der Waals surface area contributed by atoms with Crippen LogP contribution >= 0.6 is 0 Å². The Morgan fingerprint density at radius 1 is 0.947 bits per heavy atom. The van der Waals surface area contributed by atoms with E-state index in [0.717, 1.165) is 23.5 Å². The zero-order valence-electron chi connectivity index (χ0n) is 11.5. The minimum Gasteiger partial charge on any atom is -0.457 e. The Morgan fingerprint density at radius 3 is 2.11 bits per heavy atom. The molecule has 0 spiro atoms. The van der Waals surface area contributed by atoms with Gasteiger partial charge in [-0.3, -0.25) is 0 Å². The van der Waals surface area contributed by atoms with E-state index in [-0.39, 0.29) is 6.04 Å². The molecule has 0 fully saturated rings. The summed E-state index contributed by atoms with van der Waals surface area (Å²) in [6.07, 6.45) is 1.09. The number of benzene rings is 2. The van der Waals surface area contributed by atoms with Crippen molar-refractivity contribution in [3.63, 3.8) is 0 Å². The van der Waals surface area contributed by atoms with Crippen molar-refractivity contribution in [2.45, 2.75) is 26.3 Å². The van der Waals surface area contributed by atoms with Gasteiger partial charge in [0.1, 0.15) is 11.5 Å². The second kappa shape index (κ2) is 6.39. The van der Waals surface area contributed by atoms with Gasteiger partial charge in [-0.2, -0.15) is 0 Å². The molecule has 0 heterocycles. The second-order valence-electron chi connectivity index (χ2n) is 4.90. The van der Waals surface area contributed by atoms with Crippen LogP contribution in [0.25, 0.3) is 0 Å². The summed E-state index contributed by atoms with van der Waals surface area (Å²) in [5, 5.41) is 0. The van der Waals surface area contributed by atoms with Gasteiger partial charge in [0, 0.05) is 6.04 Å². The van der Waals surface area contributed by atoms with E-state index in [1.807, 2.05) is 42.5 Å². The van der Waals surface area contributed by atoms with Crippen molar-refractivity contribution in [1.82, 2.24) is 0 Å². The third-order valence-corrected chi connectivity index (χ3v) is 3.50. The molecule has 0 aromatic heterocycles.